The van der Waals surface area contributed by atoms with Crippen LogP contribution in [0.3, 0.4) is 0 Å². The van der Waals surface area contributed by atoms with Crippen molar-refractivity contribution < 1.29 is 14.7 Å². The largest absolute Gasteiger partial charge is 0.481 e. The first-order valence-corrected chi connectivity index (χ1v) is 7.79. The highest BCUT2D eigenvalue weighted by Gasteiger charge is 2.36. The molecule has 8 heteroatoms. The molecule has 0 aromatic rings. The van der Waals surface area contributed by atoms with Crippen LogP contribution < -0.4 is 0 Å². The van der Waals surface area contributed by atoms with Crippen LogP contribution in [0, 0.1) is 0 Å². The van der Waals surface area contributed by atoms with Crippen molar-refractivity contribution in [1.82, 2.24) is 9.80 Å². The number of amides is 1. The molecule has 0 spiro atoms. The fraction of sp³-hybridized carbons (Fsp3) is 0.867. The Morgan fingerprint density at radius 3 is 2.39 bits per heavy atom. The van der Waals surface area contributed by atoms with Gasteiger partial charge in [0.05, 0.1) is 13.9 Å². The van der Waals surface area contributed by atoms with Gasteiger partial charge in [-0.2, -0.15) is 0 Å². The molecule has 2 atom stereocenters. The van der Waals surface area contributed by atoms with Gasteiger partial charge in [-0.25, -0.2) is 0 Å². The fourth-order valence-electron chi connectivity index (χ4n) is 2.85. The summed E-state index contributed by atoms with van der Waals surface area (Å²) in [5.41, 5.74) is 0. The molecule has 0 saturated carbocycles. The Hall–Kier alpha value is -0.455. The number of hydrogen-bond donors (Lipinski definition) is 1. The van der Waals surface area contributed by atoms with Crippen LogP contribution in [0.1, 0.15) is 45.4 Å². The molecule has 1 N–H and O–H groups in total. The minimum atomic E-state index is -1.18. The summed E-state index contributed by atoms with van der Waals surface area (Å²) in [7, 11) is 9.57. The van der Waals surface area contributed by atoms with Crippen LogP contribution in [-0.2, 0) is 9.59 Å². The number of likely N-dealkylation sites (tertiary alicyclic amines) is 1. The van der Waals surface area contributed by atoms with E-state index in [1.165, 1.54) is 0 Å². The maximum atomic E-state index is 12.1. The van der Waals surface area contributed by atoms with Crippen LogP contribution in [0.15, 0.2) is 0 Å². The zero-order valence-electron chi connectivity index (χ0n) is 14.3. The van der Waals surface area contributed by atoms with Crippen molar-refractivity contribution in [3.63, 3.8) is 0 Å². The molecule has 1 aliphatic rings. The zero-order chi connectivity index (χ0) is 16.0. The first-order chi connectivity index (χ1) is 9.81. The molecule has 2 unspecified atom stereocenters. The molecule has 134 valence electrons. The molecule has 0 bridgehead atoms. The Bertz CT molecular complexity index is 386. The van der Waals surface area contributed by atoms with Gasteiger partial charge in [-0.05, 0) is 38.8 Å². The van der Waals surface area contributed by atoms with E-state index in [9.17, 15) is 14.7 Å². The SMILES string of the molecule is Cl.Cl.[B]C(CCCC)(CCN1CCCC1C(=O)N(C)C)C(=O)O. The predicted octanol–water partition coefficient (Wildman–Crippen LogP) is 2.37. The second kappa shape index (κ2) is 11.2. The number of hydrogen-bond acceptors (Lipinski definition) is 3. The molecule has 1 saturated heterocycles. The summed E-state index contributed by atoms with van der Waals surface area (Å²) in [5.74, 6) is -0.843. The van der Waals surface area contributed by atoms with Gasteiger partial charge in [-0.15, -0.1) is 24.8 Å². The van der Waals surface area contributed by atoms with Crippen LogP contribution in [0.25, 0.3) is 0 Å². The average Bonchev–Trinajstić information content (AvgIpc) is 2.90. The molecule has 1 fully saturated rings. The average molecular weight is 367 g/mol. The zero-order valence-corrected chi connectivity index (χ0v) is 15.9. The topological polar surface area (TPSA) is 60.9 Å². The second-order valence-corrected chi connectivity index (χ2v) is 6.24. The van der Waals surface area contributed by atoms with Crippen molar-refractivity contribution in [2.45, 2.75) is 56.8 Å². The maximum Gasteiger partial charge on any atom is 0.300 e. The maximum absolute atomic E-state index is 12.1. The van der Waals surface area contributed by atoms with E-state index in [-0.39, 0.29) is 36.8 Å². The highest BCUT2D eigenvalue weighted by Crippen LogP contribution is 2.34. The van der Waals surface area contributed by atoms with Crippen LogP contribution in [-0.4, -0.2) is 67.9 Å². The van der Waals surface area contributed by atoms with E-state index in [2.05, 4.69) is 4.90 Å². The van der Waals surface area contributed by atoms with Gasteiger partial charge >= 0.3 is 5.97 Å². The lowest BCUT2D eigenvalue weighted by Gasteiger charge is -2.31. The van der Waals surface area contributed by atoms with E-state index in [1.54, 1.807) is 19.0 Å². The molecular weight excluding hydrogens is 338 g/mol. The Kier molecular flexibility index (Phi) is 12.0. The van der Waals surface area contributed by atoms with E-state index in [1.807, 2.05) is 6.92 Å². The van der Waals surface area contributed by atoms with Crippen molar-refractivity contribution in [2.75, 3.05) is 27.2 Å². The number of carboxylic acid groups (broad SMARTS) is 1. The van der Waals surface area contributed by atoms with E-state index in [0.717, 1.165) is 32.2 Å². The van der Waals surface area contributed by atoms with Crippen molar-refractivity contribution in [3.8, 4) is 0 Å². The quantitative estimate of drug-likeness (QED) is 0.670. The standard InChI is InChI=1S/C15H27BN2O3.2ClH/c1-4-5-8-15(16,14(20)21)9-11-18-10-6-7-12(18)13(19)17(2)3;;/h12H,4-11H2,1-3H3,(H,20,21);2*1H. The van der Waals surface area contributed by atoms with Crippen LogP contribution in [0.2, 0.25) is 5.31 Å². The monoisotopic (exact) mass is 366 g/mol. The number of carbonyl (C=O) groups is 2. The number of rotatable bonds is 8. The summed E-state index contributed by atoms with van der Waals surface area (Å²) in [5, 5.41) is 8.20. The number of unbranched alkanes of at least 4 members (excludes halogenated alkanes) is 1. The summed E-state index contributed by atoms with van der Waals surface area (Å²) < 4.78 is 0. The lowest BCUT2D eigenvalue weighted by molar-refractivity contribution is -0.141. The summed E-state index contributed by atoms with van der Waals surface area (Å²) in [6, 6.07) is -0.121. The van der Waals surface area contributed by atoms with E-state index in [4.69, 9.17) is 7.85 Å². The molecule has 1 heterocycles. The highest BCUT2D eigenvalue weighted by molar-refractivity contribution is 6.26. The number of halogens is 2. The van der Waals surface area contributed by atoms with E-state index >= 15 is 0 Å². The number of carboxylic acids is 1. The first-order valence-electron chi connectivity index (χ1n) is 7.79. The molecule has 1 rings (SSSR count). The lowest BCUT2D eigenvalue weighted by Crippen LogP contribution is -2.44. The summed E-state index contributed by atoms with van der Waals surface area (Å²) in [6.07, 6.45) is 4.43. The Labute approximate surface area is 153 Å². The van der Waals surface area contributed by atoms with E-state index in [0.29, 0.717) is 19.4 Å². The number of aliphatic carboxylic acids is 1. The third-order valence-corrected chi connectivity index (χ3v) is 4.34. The van der Waals surface area contributed by atoms with Crippen molar-refractivity contribution in [1.29, 1.82) is 0 Å². The number of carbonyl (C=O) groups excluding carboxylic acids is 1. The van der Waals surface area contributed by atoms with Gasteiger partial charge in [0.2, 0.25) is 5.91 Å². The molecule has 1 amide bonds. The Balaban J connectivity index is 0. The van der Waals surface area contributed by atoms with Gasteiger partial charge < -0.3 is 10.0 Å². The summed E-state index contributed by atoms with van der Waals surface area (Å²) in [4.78, 5) is 27.2. The van der Waals surface area contributed by atoms with Crippen LogP contribution >= 0.6 is 24.8 Å². The van der Waals surface area contributed by atoms with Crippen molar-refractivity contribution in [2.24, 2.45) is 0 Å². The fourth-order valence-corrected chi connectivity index (χ4v) is 2.85. The van der Waals surface area contributed by atoms with Crippen LogP contribution in [0.5, 0.6) is 0 Å². The summed E-state index contributed by atoms with van der Waals surface area (Å²) >= 11 is 0. The third kappa shape index (κ3) is 6.90. The van der Waals surface area contributed by atoms with Gasteiger partial charge in [0.15, 0.2) is 0 Å². The van der Waals surface area contributed by atoms with Gasteiger partial charge in [-0.3, -0.25) is 14.5 Å². The molecule has 23 heavy (non-hydrogen) atoms. The predicted molar refractivity (Wildman–Crippen MR) is 98.0 cm³/mol. The minimum absolute atomic E-state index is 0. The molecule has 0 aliphatic carbocycles. The lowest BCUT2D eigenvalue weighted by atomic mass is 9.63. The molecule has 1 aliphatic heterocycles. The normalized spacial score (nSPS) is 20.0. The van der Waals surface area contributed by atoms with Gasteiger partial charge in [0, 0.05) is 19.4 Å². The summed E-state index contributed by atoms with van der Waals surface area (Å²) in [6.45, 7) is 3.43. The third-order valence-electron chi connectivity index (χ3n) is 4.34. The molecule has 0 aromatic heterocycles. The van der Waals surface area contributed by atoms with Gasteiger partial charge in [0.25, 0.3) is 0 Å². The van der Waals surface area contributed by atoms with Crippen molar-refractivity contribution in [3.05, 3.63) is 0 Å². The minimum Gasteiger partial charge on any atom is -0.481 e. The number of nitrogens with zero attached hydrogens (tertiary/aromatic N) is 2. The molecular formula is C15H29BCl2N2O3. The smallest absolute Gasteiger partial charge is 0.300 e. The first kappa shape index (κ1) is 24.8. The van der Waals surface area contributed by atoms with Gasteiger partial charge in [-0.1, -0.05) is 19.8 Å². The molecule has 0 aromatic carbocycles. The van der Waals surface area contributed by atoms with E-state index < -0.39 is 11.3 Å². The van der Waals surface area contributed by atoms with Crippen molar-refractivity contribution >= 4 is 44.5 Å². The second-order valence-electron chi connectivity index (χ2n) is 6.24. The van der Waals surface area contributed by atoms with Gasteiger partial charge in [0.1, 0.15) is 0 Å². The Morgan fingerprint density at radius 1 is 1.30 bits per heavy atom. The molecule has 2 radical (unpaired) electrons. The Morgan fingerprint density at radius 2 is 1.91 bits per heavy atom. The molecule has 5 nitrogen and oxygen atoms in total. The van der Waals surface area contributed by atoms with Crippen LogP contribution in [0.4, 0.5) is 0 Å². The highest BCUT2D eigenvalue weighted by atomic mass is 35.5. The number of likely N-dealkylation sites (N-methyl/N-ethyl adjacent to an activating group) is 1.